The van der Waals surface area contributed by atoms with Crippen LogP contribution in [0.25, 0.3) is 0 Å². The second-order valence-corrected chi connectivity index (χ2v) is 10.1. The predicted octanol–water partition coefficient (Wildman–Crippen LogP) is 5.06. The quantitative estimate of drug-likeness (QED) is 0.508. The molecule has 0 aromatic heterocycles. The van der Waals surface area contributed by atoms with Gasteiger partial charge in [0.05, 0.1) is 15.6 Å². The second-order valence-electron chi connectivity index (χ2n) is 7.79. The summed E-state index contributed by atoms with van der Waals surface area (Å²) in [5.74, 6) is -0.0944. The number of rotatable bonds is 7. The van der Waals surface area contributed by atoms with Crippen LogP contribution in [0.3, 0.4) is 0 Å². The van der Waals surface area contributed by atoms with Crippen molar-refractivity contribution < 1.29 is 17.9 Å². The summed E-state index contributed by atoms with van der Waals surface area (Å²) in [7, 11) is -3.78. The molecule has 1 heterocycles. The third-order valence-corrected chi connectivity index (χ3v) is 7.67. The highest BCUT2D eigenvalue weighted by Gasteiger charge is 2.29. The van der Waals surface area contributed by atoms with Gasteiger partial charge >= 0.3 is 0 Å². The number of nitrogens with one attached hydrogen (secondary N) is 1. The van der Waals surface area contributed by atoms with Gasteiger partial charge in [-0.15, -0.1) is 0 Å². The Kier molecular flexibility index (Phi) is 6.91. The van der Waals surface area contributed by atoms with Crippen LogP contribution >= 0.6 is 11.6 Å². The molecule has 0 spiro atoms. The van der Waals surface area contributed by atoms with Crippen LogP contribution in [0.5, 0.6) is 5.75 Å². The minimum Gasteiger partial charge on any atom is -0.482 e. The number of benzene rings is 3. The number of carbonyl (C=O) groups excluding carboxylic acids is 1. The summed E-state index contributed by atoms with van der Waals surface area (Å²) >= 11 is 6.31. The summed E-state index contributed by atoms with van der Waals surface area (Å²) in [5, 5.41) is 2.89. The fraction of sp³-hybridized carbons (Fsp3) is 0.240. The molecule has 0 saturated heterocycles. The van der Waals surface area contributed by atoms with Crippen molar-refractivity contribution >= 4 is 38.9 Å². The van der Waals surface area contributed by atoms with Gasteiger partial charge in [-0.2, -0.15) is 0 Å². The van der Waals surface area contributed by atoms with E-state index in [4.69, 9.17) is 16.3 Å². The molecule has 4 rings (SSSR count). The van der Waals surface area contributed by atoms with E-state index in [1.165, 1.54) is 28.1 Å². The first-order chi connectivity index (χ1) is 15.9. The Morgan fingerprint density at radius 3 is 2.58 bits per heavy atom. The Bertz CT molecular complexity index is 1260. The highest BCUT2D eigenvalue weighted by molar-refractivity contribution is 7.92. The van der Waals surface area contributed by atoms with E-state index in [1.54, 1.807) is 0 Å². The fourth-order valence-corrected chi connectivity index (χ4v) is 5.67. The molecule has 33 heavy (non-hydrogen) atoms. The van der Waals surface area contributed by atoms with Crippen LogP contribution in [0, 0.1) is 0 Å². The summed E-state index contributed by atoms with van der Waals surface area (Å²) < 4.78 is 33.5. The first-order valence-electron chi connectivity index (χ1n) is 10.8. The van der Waals surface area contributed by atoms with Crippen molar-refractivity contribution in [1.29, 1.82) is 0 Å². The van der Waals surface area contributed by atoms with Crippen molar-refractivity contribution in [2.24, 2.45) is 0 Å². The van der Waals surface area contributed by atoms with Crippen LogP contribution in [0.2, 0.25) is 5.02 Å². The molecular formula is C25H25ClN2O4S. The third-order valence-electron chi connectivity index (χ3n) is 5.56. The highest BCUT2D eigenvalue weighted by atomic mass is 35.5. The van der Waals surface area contributed by atoms with E-state index in [1.807, 2.05) is 48.5 Å². The molecule has 172 valence electrons. The first kappa shape index (κ1) is 23.1. The number of nitrogens with zero attached hydrogens (tertiary/aromatic N) is 1. The zero-order valence-electron chi connectivity index (χ0n) is 18.3. The third kappa shape index (κ3) is 5.15. The van der Waals surface area contributed by atoms with Gasteiger partial charge in [-0.3, -0.25) is 9.10 Å². The number of para-hydroxylation sites is 1. The van der Waals surface area contributed by atoms with Crippen LogP contribution in [0.4, 0.5) is 11.4 Å². The van der Waals surface area contributed by atoms with E-state index in [-0.39, 0.29) is 28.2 Å². The lowest BCUT2D eigenvalue weighted by Gasteiger charge is -2.30. The lowest BCUT2D eigenvalue weighted by atomic mass is 10.0. The highest BCUT2D eigenvalue weighted by Crippen LogP contribution is 2.34. The van der Waals surface area contributed by atoms with Gasteiger partial charge in [0.25, 0.3) is 15.9 Å². The van der Waals surface area contributed by atoms with Crippen molar-refractivity contribution in [3.63, 3.8) is 0 Å². The number of anilines is 2. The van der Waals surface area contributed by atoms with Gasteiger partial charge in [-0.1, -0.05) is 48.9 Å². The molecule has 6 nitrogen and oxygen atoms in total. The van der Waals surface area contributed by atoms with E-state index in [2.05, 4.69) is 12.2 Å². The number of fused-ring (bicyclic) bond motifs is 1. The Labute approximate surface area is 199 Å². The maximum absolute atomic E-state index is 13.3. The number of ether oxygens (including phenoxy) is 1. The van der Waals surface area contributed by atoms with Gasteiger partial charge in [-0.25, -0.2) is 8.42 Å². The molecule has 3 aromatic rings. The predicted molar refractivity (Wildman–Crippen MR) is 131 cm³/mol. The molecule has 3 aromatic carbocycles. The number of sulfonamides is 1. The fourth-order valence-electron chi connectivity index (χ4n) is 3.80. The summed E-state index contributed by atoms with van der Waals surface area (Å²) in [6.45, 7) is 2.22. The Morgan fingerprint density at radius 2 is 1.85 bits per heavy atom. The average Bonchev–Trinajstić information content (AvgIpc) is 2.83. The molecule has 1 aliphatic heterocycles. The average molecular weight is 485 g/mol. The number of carbonyl (C=O) groups is 1. The summed E-state index contributed by atoms with van der Waals surface area (Å²) in [5.41, 5.74) is 3.56. The molecule has 1 aliphatic rings. The molecule has 0 radical (unpaired) electrons. The zero-order valence-corrected chi connectivity index (χ0v) is 19.8. The molecule has 1 N–H and O–H groups in total. The molecule has 0 aliphatic carbocycles. The normalized spacial score (nSPS) is 13.3. The summed E-state index contributed by atoms with van der Waals surface area (Å²) in [6, 6.07) is 19.4. The van der Waals surface area contributed by atoms with Crippen molar-refractivity contribution in [1.82, 2.24) is 0 Å². The maximum Gasteiger partial charge on any atom is 0.264 e. The summed E-state index contributed by atoms with van der Waals surface area (Å²) in [6.07, 6.45) is 2.52. The molecule has 0 atom stereocenters. The van der Waals surface area contributed by atoms with Crippen LogP contribution in [0.15, 0.2) is 71.6 Å². The minimum absolute atomic E-state index is 0.0806. The van der Waals surface area contributed by atoms with Crippen molar-refractivity contribution in [3.05, 3.63) is 82.9 Å². The Balaban J connectivity index is 1.44. The number of halogens is 1. The van der Waals surface area contributed by atoms with Gasteiger partial charge in [-0.05, 0) is 66.8 Å². The molecular weight excluding hydrogens is 460 g/mol. The van der Waals surface area contributed by atoms with Gasteiger partial charge in [0, 0.05) is 12.2 Å². The van der Waals surface area contributed by atoms with Crippen molar-refractivity contribution in [2.75, 3.05) is 22.8 Å². The van der Waals surface area contributed by atoms with Gasteiger partial charge in [0.15, 0.2) is 6.61 Å². The largest absolute Gasteiger partial charge is 0.482 e. The van der Waals surface area contributed by atoms with E-state index in [0.29, 0.717) is 17.9 Å². The van der Waals surface area contributed by atoms with Crippen molar-refractivity contribution in [3.8, 4) is 5.75 Å². The molecule has 0 saturated carbocycles. The number of amides is 1. The van der Waals surface area contributed by atoms with Gasteiger partial charge < -0.3 is 10.1 Å². The van der Waals surface area contributed by atoms with E-state index in [9.17, 15) is 13.2 Å². The SMILES string of the molecule is CCc1ccc(NC(=O)COc2ccc(S(=O)(=O)N3CCCc4ccccc43)cc2Cl)cc1. The second kappa shape index (κ2) is 9.85. The summed E-state index contributed by atoms with van der Waals surface area (Å²) in [4.78, 5) is 12.3. The van der Waals surface area contributed by atoms with E-state index >= 15 is 0 Å². The van der Waals surface area contributed by atoms with E-state index in [0.717, 1.165) is 24.8 Å². The Hall–Kier alpha value is -3.03. The molecule has 8 heteroatoms. The smallest absolute Gasteiger partial charge is 0.264 e. The Morgan fingerprint density at radius 1 is 1.09 bits per heavy atom. The van der Waals surface area contributed by atoms with Gasteiger partial charge in [0.2, 0.25) is 0 Å². The molecule has 0 fully saturated rings. The molecule has 1 amide bonds. The van der Waals surface area contributed by atoms with Crippen LogP contribution in [0.1, 0.15) is 24.5 Å². The van der Waals surface area contributed by atoms with E-state index < -0.39 is 10.0 Å². The van der Waals surface area contributed by atoms with Crippen LogP contribution < -0.4 is 14.4 Å². The maximum atomic E-state index is 13.3. The molecule has 0 unspecified atom stereocenters. The van der Waals surface area contributed by atoms with Crippen LogP contribution in [-0.2, 0) is 27.7 Å². The zero-order chi connectivity index (χ0) is 23.4. The molecule has 0 bridgehead atoms. The monoisotopic (exact) mass is 484 g/mol. The minimum atomic E-state index is -3.78. The topological polar surface area (TPSA) is 75.7 Å². The standard InChI is InChI=1S/C25H25ClN2O4S/c1-2-18-9-11-20(12-10-18)27-25(29)17-32-24-14-13-21(16-22(24)26)33(30,31)28-15-5-7-19-6-3-4-8-23(19)28/h3-4,6,8-14,16H,2,5,7,15,17H2,1H3,(H,27,29). The number of hydrogen-bond acceptors (Lipinski definition) is 4. The van der Waals surface area contributed by atoms with Crippen molar-refractivity contribution in [2.45, 2.75) is 31.1 Å². The number of aryl methyl sites for hydroxylation is 2. The first-order valence-corrected chi connectivity index (χ1v) is 12.6. The lowest BCUT2D eigenvalue weighted by Crippen LogP contribution is -2.35. The van der Waals surface area contributed by atoms with Gasteiger partial charge in [0.1, 0.15) is 5.75 Å². The van der Waals surface area contributed by atoms with Crippen LogP contribution in [-0.4, -0.2) is 27.5 Å². The lowest BCUT2D eigenvalue weighted by molar-refractivity contribution is -0.118. The number of hydrogen-bond donors (Lipinski definition) is 1.